The first-order chi connectivity index (χ1) is 4.84. The Balaban J connectivity index is 1.62. The summed E-state index contributed by atoms with van der Waals surface area (Å²) in [6.07, 6.45) is 1.41. The van der Waals surface area contributed by atoms with Crippen molar-refractivity contribution >= 4 is 0 Å². The van der Waals surface area contributed by atoms with Crippen molar-refractivity contribution in [3.8, 4) is 0 Å². The summed E-state index contributed by atoms with van der Waals surface area (Å²) in [6.45, 7) is 4.69. The lowest BCUT2D eigenvalue weighted by molar-refractivity contribution is -0.0539. The van der Waals surface area contributed by atoms with Gasteiger partial charge in [-0.15, -0.1) is 0 Å². The van der Waals surface area contributed by atoms with Gasteiger partial charge in [0.1, 0.15) is 0 Å². The standard InChI is InChI=1S/C8H15NO/c1-9-3-7(4-9)2-8-5-10-6-8/h7-8H,2-6H2,1H3. The molecule has 0 spiro atoms. The molecule has 0 aromatic rings. The van der Waals surface area contributed by atoms with Crippen molar-refractivity contribution in [3.05, 3.63) is 0 Å². The summed E-state index contributed by atoms with van der Waals surface area (Å²) in [6, 6.07) is 0. The first-order valence-electron chi connectivity index (χ1n) is 4.11. The van der Waals surface area contributed by atoms with Crippen LogP contribution < -0.4 is 0 Å². The summed E-state index contributed by atoms with van der Waals surface area (Å²) >= 11 is 0. The maximum atomic E-state index is 5.12. The van der Waals surface area contributed by atoms with Crippen LogP contribution in [0.15, 0.2) is 0 Å². The van der Waals surface area contributed by atoms with E-state index in [1.807, 2.05) is 0 Å². The van der Waals surface area contributed by atoms with Crippen LogP contribution in [-0.2, 0) is 4.74 Å². The van der Waals surface area contributed by atoms with Gasteiger partial charge in [-0.2, -0.15) is 0 Å². The summed E-state index contributed by atoms with van der Waals surface area (Å²) < 4.78 is 5.12. The van der Waals surface area contributed by atoms with Crippen LogP contribution in [-0.4, -0.2) is 38.3 Å². The van der Waals surface area contributed by atoms with Crippen molar-refractivity contribution in [2.75, 3.05) is 33.4 Å². The van der Waals surface area contributed by atoms with E-state index in [0.29, 0.717) is 0 Å². The van der Waals surface area contributed by atoms with E-state index in [0.717, 1.165) is 25.0 Å². The van der Waals surface area contributed by atoms with Crippen molar-refractivity contribution in [1.29, 1.82) is 0 Å². The topological polar surface area (TPSA) is 12.5 Å². The lowest BCUT2D eigenvalue weighted by atomic mass is 9.88. The second kappa shape index (κ2) is 2.51. The van der Waals surface area contributed by atoms with E-state index in [1.165, 1.54) is 19.5 Å². The van der Waals surface area contributed by atoms with Gasteiger partial charge in [0, 0.05) is 19.0 Å². The Bertz CT molecular complexity index is 116. The number of hydrogen-bond acceptors (Lipinski definition) is 2. The van der Waals surface area contributed by atoms with E-state index in [1.54, 1.807) is 0 Å². The molecule has 0 atom stereocenters. The average Bonchev–Trinajstić information content (AvgIpc) is 1.72. The number of hydrogen-bond donors (Lipinski definition) is 0. The number of rotatable bonds is 2. The summed E-state index contributed by atoms with van der Waals surface area (Å²) in [5, 5.41) is 0. The predicted octanol–water partition coefficient (Wildman–Crippen LogP) is 0.585. The van der Waals surface area contributed by atoms with Gasteiger partial charge >= 0.3 is 0 Å². The minimum absolute atomic E-state index is 0.902. The van der Waals surface area contributed by atoms with E-state index >= 15 is 0 Å². The zero-order chi connectivity index (χ0) is 6.97. The Labute approximate surface area is 62.2 Å². The van der Waals surface area contributed by atoms with E-state index in [4.69, 9.17) is 4.74 Å². The summed E-state index contributed by atoms with van der Waals surface area (Å²) in [5.41, 5.74) is 0. The van der Waals surface area contributed by atoms with Crippen LogP contribution >= 0.6 is 0 Å². The van der Waals surface area contributed by atoms with Crippen molar-refractivity contribution < 1.29 is 4.74 Å². The van der Waals surface area contributed by atoms with Gasteiger partial charge in [-0.25, -0.2) is 0 Å². The van der Waals surface area contributed by atoms with Gasteiger partial charge in [0.25, 0.3) is 0 Å². The molecule has 2 saturated heterocycles. The van der Waals surface area contributed by atoms with Crippen LogP contribution in [0.1, 0.15) is 6.42 Å². The molecule has 0 amide bonds. The Morgan fingerprint density at radius 2 is 2.00 bits per heavy atom. The molecule has 0 bridgehead atoms. The zero-order valence-corrected chi connectivity index (χ0v) is 6.55. The lowest BCUT2D eigenvalue weighted by Gasteiger charge is -2.40. The third-order valence-corrected chi connectivity index (χ3v) is 2.51. The molecule has 2 heteroatoms. The molecule has 2 rings (SSSR count). The molecule has 2 aliphatic heterocycles. The van der Waals surface area contributed by atoms with Crippen LogP contribution in [0.4, 0.5) is 0 Å². The molecule has 2 heterocycles. The molecule has 0 aromatic carbocycles. The van der Waals surface area contributed by atoms with Crippen LogP contribution in [0.3, 0.4) is 0 Å². The van der Waals surface area contributed by atoms with E-state index in [-0.39, 0.29) is 0 Å². The largest absolute Gasteiger partial charge is 0.381 e. The van der Waals surface area contributed by atoms with Crippen molar-refractivity contribution in [2.45, 2.75) is 6.42 Å². The fourth-order valence-corrected chi connectivity index (χ4v) is 1.87. The van der Waals surface area contributed by atoms with Crippen LogP contribution in [0.25, 0.3) is 0 Å². The molecular formula is C8H15NO. The van der Waals surface area contributed by atoms with Crippen molar-refractivity contribution in [2.24, 2.45) is 11.8 Å². The molecule has 2 aliphatic rings. The molecule has 0 aromatic heterocycles. The second-order valence-corrected chi connectivity index (χ2v) is 3.73. The number of nitrogens with zero attached hydrogens (tertiary/aromatic N) is 1. The fraction of sp³-hybridized carbons (Fsp3) is 1.00. The minimum Gasteiger partial charge on any atom is -0.381 e. The molecule has 0 N–H and O–H groups in total. The highest BCUT2D eigenvalue weighted by molar-refractivity contribution is 4.80. The molecular weight excluding hydrogens is 126 g/mol. The first-order valence-corrected chi connectivity index (χ1v) is 4.11. The normalized spacial score (nSPS) is 29.7. The summed E-state index contributed by atoms with van der Waals surface area (Å²) in [5.74, 6) is 1.89. The summed E-state index contributed by atoms with van der Waals surface area (Å²) in [7, 11) is 2.19. The first kappa shape index (κ1) is 6.62. The van der Waals surface area contributed by atoms with E-state index in [9.17, 15) is 0 Å². The van der Waals surface area contributed by atoms with Gasteiger partial charge in [0.15, 0.2) is 0 Å². The maximum absolute atomic E-state index is 5.12. The SMILES string of the molecule is CN1CC(CC2COC2)C1. The van der Waals surface area contributed by atoms with Crippen LogP contribution in [0.2, 0.25) is 0 Å². The fourth-order valence-electron chi connectivity index (χ4n) is 1.87. The minimum atomic E-state index is 0.902. The third kappa shape index (κ3) is 1.18. The Morgan fingerprint density at radius 3 is 2.40 bits per heavy atom. The summed E-state index contributed by atoms with van der Waals surface area (Å²) in [4.78, 5) is 2.38. The average molecular weight is 141 g/mol. The molecule has 10 heavy (non-hydrogen) atoms. The highest BCUT2D eigenvalue weighted by Crippen LogP contribution is 2.25. The second-order valence-electron chi connectivity index (χ2n) is 3.73. The van der Waals surface area contributed by atoms with Gasteiger partial charge in [-0.3, -0.25) is 0 Å². The van der Waals surface area contributed by atoms with E-state index < -0.39 is 0 Å². The molecule has 0 unspecified atom stereocenters. The van der Waals surface area contributed by atoms with Gasteiger partial charge in [0.05, 0.1) is 13.2 Å². The van der Waals surface area contributed by atoms with Gasteiger partial charge in [-0.1, -0.05) is 0 Å². The third-order valence-electron chi connectivity index (χ3n) is 2.51. The molecule has 0 aliphatic carbocycles. The highest BCUT2D eigenvalue weighted by atomic mass is 16.5. The Kier molecular flexibility index (Phi) is 1.66. The number of likely N-dealkylation sites (tertiary alicyclic amines) is 1. The monoisotopic (exact) mass is 141 g/mol. The van der Waals surface area contributed by atoms with Crippen LogP contribution in [0, 0.1) is 11.8 Å². The lowest BCUT2D eigenvalue weighted by Crippen LogP contribution is -2.46. The smallest absolute Gasteiger partial charge is 0.0516 e. The van der Waals surface area contributed by atoms with Gasteiger partial charge in [-0.05, 0) is 19.4 Å². The molecule has 0 radical (unpaired) electrons. The van der Waals surface area contributed by atoms with Crippen molar-refractivity contribution in [3.63, 3.8) is 0 Å². The van der Waals surface area contributed by atoms with Crippen molar-refractivity contribution in [1.82, 2.24) is 4.90 Å². The molecule has 58 valence electrons. The molecule has 0 saturated carbocycles. The highest BCUT2D eigenvalue weighted by Gasteiger charge is 2.29. The van der Waals surface area contributed by atoms with Gasteiger partial charge < -0.3 is 9.64 Å². The van der Waals surface area contributed by atoms with E-state index in [2.05, 4.69) is 11.9 Å². The molecule has 2 fully saturated rings. The van der Waals surface area contributed by atoms with Gasteiger partial charge in [0.2, 0.25) is 0 Å². The quantitative estimate of drug-likeness (QED) is 0.558. The maximum Gasteiger partial charge on any atom is 0.0516 e. The number of ether oxygens (including phenoxy) is 1. The Hall–Kier alpha value is -0.0800. The predicted molar refractivity (Wildman–Crippen MR) is 39.9 cm³/mol. The Morgan fingerprint density at radius 1 is 1.30 bits per heavy atom. The molecule has 2 nitrogen and oxygen atoms in total. The van der Waals surface area contributed by atoms with Crippen LogP contribution in [0.5, 0.6) is 0 Å². The zero-order valence-electron chi connectivity index (χ0n) is 6.55.